The molecule has 0 saturated carbocycles. The number of likely N-dealkylation sites (N-methyl/N-ethyl adjacent to an activating group) is 1. The molecule has 0 N–H and O–H groups in total. The molecule has 0 aliphatic heterocycles. The van der Waals surface area contributed by atoms with Crippen LogP contribution in [0.2, 0.25) is 0 Å². The van der Waals surface area contributed by atoms with Crippen LogP contribution in [0.4, 0.5) is 0 Å². The van der Waals surface area contributed by atoms with E-state index in [1.807, 2.05) is 14.1 Å². The van der Waals surface area contributed by atoms with Gasteiger partial charge in [-0.2, -0.15) is 0 Å². The summed E-state index contributed by atoms with van der Waals surface area (Å²) in [6.07, 6.45) is 0.911. The molecule has 0 fully saturated rings. The Hall–Kier alpha value is -0.740. The monoisotopic (exact) mass is 254 g/mol. The summed E-state index contributed by atoms with van der Waals surface area (Å²) in [4.78, 5) is 19.2. The average molecular weight is 254 g/mol. The van der Waals surface area contributed by atoms with Crippen molar-refractivity contribution >= 4 is 17.1 Å². The van der Waals surface area contributed by atoms with E-state index in [2.05, 4.69) is 30.7 Å². The number of aromatic nitrogens is 1. The first kappa shape index (κ1) is 14.3. The van der Waals surface area contributed by atoms with Gasteiger partial charge in [-0.3, -0.25) is 4.79 Å². The van der Waals surface area contributed by atoms with Crippen LogP contribution in [0.1, 0.15) is 48.1 Å². The lowest BCUT2D eigenvalue weighted by Gasteiger charge is -2.16. The van der Waals surface area contributed by atoms with E-state index in [1.165, 1.54) is 0 Å². The van der Waals surface area contributed by atoms with Crippen molar-refractivity contribution < 1.29 is 4.79 Å². The Morgan fingerprint density at radius 2 is 1.94 bits per heavy atom. The summed E-state index contributed by atoms with van der Waals surface area (Å²) in [5, 5.41) is 1.06. The number of hydrogen-bond acceptors (Lipinski definition) is 4. The summed E-state index contributed by atoms with van der Waals surface area (Å²) < 4.78 is 0. The minimum absolute atomic E-state index is 0.0616. The second kappa shape index (κ2) is 5.27. The first-order valence-electron chi connectivity index (χ1n) is 5.87. The Kier molecular flexibility index (Phi) is 4.44. The normalized spacial score (nSPS) is 12.2. The van der Waals surface area contributed by atoms with Gasteiger partial charge in [-0.1, -0.05) is 20.8 Å². The predicted molar refractivity (Wildman–Crippen MR) is 73.1 cm³/mol. The number of Topliss-reactive ketones (excluding diaryl/α,β-unsaturated/α-hetero) is 1. The Morgan fingerprint density at radius 3 is 2.29 bits per heavy atom. The highest BCUT2D eigenvalue weighted by Crippen LogP contribution is 2.30. The third-order valence-corrected chi connectivity index (χ3v) is 3.69. The van der Waals surface area contributed by atoms with Crippen LogP contribution in [0.15, 0.2) is 0 Å². The van der Waals surface area contributed by atoms with E-state index in [4.69, 9.17) is 0 Å². The maximum Gasteiger partial charge on any atom is 0.171 e. The number of carbonyl (C=O) groups is 1. The third kappa shape index (κ3) is 3.89. The maximum absolute atomic E-state index is 11.6. The minimum Gasteiger partial charge on any atom is -0.309 e. The van der Waals surface area contributed by atoms with Gasteiger partial charge in [-0.15, -0.1) is 11.3 Å². The molecule has 3 nitrogen and oxygen atoms in total. The summed E-state index contributed by atoms with van der Waals surface area (Å²) in [6, 6.07) is 0. The molecule has 0 bridgehead atoms. The Balaban J connectivity index is 3.01. The van der Waals surface area contributed by atoms with E-state index >= 15 is 0 Å². The highest BCUT2D eigenvalue weighted by Gasteiger charge is 2.25. The standard InChI is InChI=1S/C13H22N2OS/c1-9(16)11-12(13(2,3)4)14-10(17-11)7-8-15(5)6/h7-8H2,1-6H3. The summed E-state index contributed by atoms with van der Waals surface area (Å²) in [7, 11) is 4.09. The fourth-order valence-corrected chi connectivity index (χ4v) is 2.70. The van der Waals surface area contributed by atoms with Crippen molar-refractivity contribution in [1.82, 2.24) is 9.88 Å². The molecule has 0 saturated heterocycles. The molecule has 0 spiro atoms. The van der Waals surface area contributed by atoms with Gasteiger partial charge in [0.25, 0.3) is 0 Å². The van der Waals surface area contributed by atoms with Gasteiger partial charge in [-0.25, -0.2) is 4.98 Å². The van der Waals surface area contributed by atoms with Gasteiger partial charge < -0.3 is 4.90 Å². The average Bonchev–Trinajstić information content (AvgIpc) is 2.57. The molecule has 0 aliphatic carbocycles. The number of hydrogen-bond donors (Lipinski definition) is 0. The quantitative estimate of drug-likeness (QED) is 0.775. The highest BCUT2D eigenvalue weighted by atomic mass is 32.1. The largest absolute Gasteiger partial charge is 0.309 e. The molecule has 1 aromatic rings. The van der Waals surface area contributed by atoms with Gasteiger partial charge in [0, 0.05) is 25.3 Å². The van der Waals surface area contributed by atoms with Crippen molar-refractivity contribution in [3.63, 3.8) is 0 Å². The van der Waals surface area contributed by atoms with Gasteiger partial charge in [0.15, 0.2) is 5.78 Å². The van der Waals surface area contributed by atoms with E-state index in [-0.39, 0.29) is 11.2 Å². The van der Waals surface area contributed by atoms with Crippen molar-refractivity contribution in [2.24, 2.45) is 0 Å². The first-order valence-corrected chi connectivity index (χ1v) is 6.69. The lowest BCUT2D eigenvalue weighted by atomic mass is 9.91. The molecule has 96 valence electrons. The van der Waals surface area contributed by atoms with Crippen molar-refractivity contribution in [3.05, 3.63) is 15.6 Å². The van der Waals surface area contributed by atoms with Gasteiger partial charge >= 0.3 is 0 Å². The second-order valence-electron chi connectivity index (χ2n) is 5.64. The van der Waals surface area contributed by atoms with Crippen LogP contribution in [0, 0.1) is 0 Å². The molecule has 0 atom stereocenters. The van der Waals surface area contributed by atoms with Crippen LogP contribution in [0.3, 0.4) is 0 Å². The molecule has 0 amide bonds. The predicted octanol–water partition coefficient (Wildman–Crippen LogP) is 2.75. The van der Waals surface area contributed by atoms with E-state index in [9.17, 15) is 4.79 Å². The first-order chi connectivity index (χ1) is 7.71. The van der Waals surface area contributed by atoms with Gasteiger partial charge in [0.05, 0.1) is 15.6 Å². The van der Waals surface area contributed by atoms with E-state index in [1.54, 1.807) is 18.3 Å². The number of thiazole rings is 1. The second-order valence-corrected chi connectivity index (χ2v) is 6.73. The zero-order valence-electron chi connectivity index (χ0n) is 11.6. The number of carbonyl (C=O) groups excluding carboxylic acids is 1. The fourth-order valence-electron chi connectivity index (χ4n) is 1.54. The van der Waals surface area contributed by atoms with Crippen molar-refractivity contribution in [2.75, 3.05) is 20.6 Å². The molecule has 0 aromatic carbocycles. The molecule has 17 heavy (non-hydrogen) atoms. The van der Waals surface area contributed by atoms with Crippen LogP contribution in [-0.4, -0.2) is 36.3 Å². The molecular weight excluding hydrogens is 232 g/mol. The van der Waals surface area contributed by atoms with Gasteiger partial charge in [0.1, 0.15) is 0 Å². The van der Waals surface area contributed by atoms with Gasteiger partial charge in [-0.05, 0) is 14.1 Å². The molecule has 1 rings (SSSR count). The summed E-state index contributed by atoms with van der Waals surface area (Å²) in [5.74, 6) is 0.128. The Morgan fingerprint density at radius 1 is 1.35 bits per heavy atom. The zero-order valence-corrected chi connectivity index (χ0v) is 12.4. The molecule has 1 aromatic heterocycles. The lowest BCUT2D eigenvalue weighted by Crippen LogP contribution is -2.16. The number of ketones is 1. The molecule has 0 unspecified atom stereocenters. The fraction of sp³-hybridized carbons (Fsp3) is 0.692. The molecular formula is C13H22N2OS. The van der Waals surface area contributed by atoms with Crippen molar-refractivity contribution in [1.29, 1.82) is 0 Å². The van der Waals surface area contributed by atoms with Crippen LogP contribution in [0.5, 0.6) is 0 Å². The minimum atomic E-state index is -0.0616. The van der Waals surface area contributed by atoms with E-state index in [0.717, 1.165) is 28.5 Å². The number of rotatable bonds is 4. The van der Waals surface area contributed by atoms with Crippen LogP contribution < -0.4 is 0 Å². The zero-order chi connectivity index (χ0) is 13.2. The van der Waals surface area contributed by atoms with Crippen molar-refractivity contribution in [3.8, 4) is 0 Å². The van der Waals surface area contributed by atoms with Crippen LogP contribution >= 0.6 is 11.3 Å². The summed E-state index contributed by atoms with van der Waals surface area (Å²) >= 11 is 1.55. The molecule has 4 heteroatoms. The van der Waals surface area contributed by atoms with E-state index in [0.29, 0.717) is 0 Å². The highest BCUT2D eigenvalue weighted by molar-refractivity contribution is 7.13. The Labute approximate surface area is 108 Å². The summed E-state index contributed by atoms with van der Waals surface area (Å²) in [5.41, 5.74) is 0.886. The van der Waals surface area contributed by atoms with Gasteiger partial charge in [0.2, 0.25) is 0 Å². The van der Waals surface area contributed by atoms with Crippen LogP contribution in [-0.2, 0) is 11.8 Å². The van der Waals surface area contributed by atoms with E-state index < -0.39 is 0 Å². The molecule has 1 heterocycles. The Bertz CT molecular complexity index is 402. The topological polar surface area (TPSA) is 33.2 Å². The van der Waals surface area contributed by atoms with Crippen molar-refractivity contribution in [2.45, 2.75) is 39.5 Å². The third-order valence-electron chi connectivity index (χ3n) is 2.47. The maximum atomic E-state index is 11.6. The number of nitrogens with zero attached hydrogens (tertiary/aromatic N) is 2. The van der Waals surface area contributed by atoms with Crippen LogP contribution in [0.25, 0.3) is 0 Å². The summed E-state index contributed by atoms with van der Waals surface area (Å²) in [6.45, 7) is 8.89. The smallest absolute Gasteiger partial charge is 0.171 e. The molecule has 0 aliphatic rings. The SMILES string of the molecule is CC(=O)c1sc(CCN(C)C)nc1C(C)(C)C. The molecule has 0 radical (unpaired) electrons. The lowest BCUT2D eigenvalue weighted by molar-refractivity contribution is 0.101.